The predicted octanol–water partition coefficient (Wildman–Crippen LogP) is 1.91. The van der Waals surface area contributed by atoms with Crippen LogP contribution in [0.25, 0.3) is 0 Å². The molecule has 0 fully saturated rings. The molecule has 0 aliphatic heterocycles. The lowest BCUT2D eigenvalue weighted by Crippen LogP contribution is -2.35. The standard InChI is InChI=1S/C15H16O4/c1-19-15(18)8-7-12(14(17)10-15)13(16)9-11-5-3-2-4-6-11/h2-8,16,18H,9-10H2,1H3. The third kappa shape index (κ3) is 3.10. The Kier molecular flexibility index (Phi) is 3.83. The lowest BCUT2D eigenvalue weighted by Gasteiger charge is -2.25. The van der Waals surface area contributed by atoms with Gasteiger partial charge in [0, 0.05) is 13.5 Å². The van der Waals surface area contributed by atoms with Crippen LogP contribution in [0.15, 0.2) is 53.8 Å². The highest BCUT2D eigenvalue weighted by Gasteiger charge is 2.32. The summed E-state index contributed by atoms with van der Waals surface area (Å²) in [6.45, 7) is 0. The van der Waals surface area contributed by atoms with Crippen LogP contribution >= 0.6 is 0 Å². The van der Waals surface area contributed by atoms with Crippen molar-refractivity contribution in [3.63, 3.8) is 0 Å². The smallest absolute Gasteiger partial charge is 0.192 e. The summed E-state index contributed by atoms with van der Waals surface area (Å²) in [7, 11) is 1.33. The van der Waals surface area contributed by atoms with E-state index in [0.29, 0.717) is 0 Å². The van der Waals surface area contributed by atoms with Crippen molar-refractivity contribution in [1.29, 1.82) is 0 Å². The summed E-state index contributed by atoms with van der Waals surface area (Å²) in [4.78, 5) is 11.9. The number of aliphatic hydroxyl groups is 2. The number of allylic oxidation sites excluding steroid dienone is 3. The highest BCUT2D eigenvalue weighted by atomic mass is 16.6. The maximum Gasteiger partial charge on any atom is 0.192 e. The third-order valence-electron chi connectivity index (χ3n) is 3.10. The first-order valence-electron chi connectivity index (χ1n) is 6.00. The van der Waals surface area contributed by atoms with Gasteiger partial charge in [-0.05, 0) is 17.7 Å². The molecule has 19 heavy (non-hydrogen) atoms. The normalized spacial score (nSPS) is 25.5. The van der Waals surface area contributed by atoms with Gasteiger partial charge in [0.15, 0.2) is 11.6 Å². The average Bonchev–Trinajstić information content (AvgIpc) is 2.39. The second kappa shape index (κ2) is 5.38. The number of hydrogen-bond acceptors (Lipinski definition) is 4. The minimum atomic E-state index is -1.56. The fourth-order valence-electron chi connectivity index (χ4n) is 1.97. The van der Waals surface area contributed by atoms with Gasteiger partial charge < -0.3 is 14.9 Å². The Morgan fingerprint density at radius 2 is 2.05 bits per heavy atom. The van der Waals surface area contributed by atoms with E-state index in [1.165, 1.54) is 19.3 Å². The Bertz CT molecular complexity index is 530. The number of carbonyl (C=O) groups is 1. The van der Waals surface area contributed by atoms with Gasteiger partial charge in [-0.2, -0.15) is 0 Å². The maximum absolute atomic E-state index is 11.9. The van der Waals surface area contributed by atoms with Crippen molar-refractivity contribution < 1.29 is 19.7 Å². The second-order valence-electron chi connectivity index (χ2n) is 4.50. The van der Waals surface area contributed by atoms with Crippen LogP contribution in [0.3, 0.4) is 0 Å². The van der Waals surface area contributed by atoms with E-state index in [0.717, 1.165) is 5.56 Å². The number of ketones is 1. The number of hydrogen-bond donors (Lipinski definition) is 2. The van der Waals surface area contributed by atoms with Gasteiger partial charge in [0.1, 0.15) is 5.76 Å². The van der Waals surface area contributed by atoms with E-state index in [1.54, 1.807) is 0 Å². The number of ether oxygens (including phenoxy) is 1. The molecule has 1 aromatic rings. The van der Waals surface area contributed by atoms with Crippen LogP contribution in [0.5, 0.6) is 0 Å². The minimum absolute atomic E-state index is 0.00519. The first-order valence-corrected chi connectivity index (χ1v) is 6.00. The summed E-state index contributed by atoms with van der Waals surface area (Å²) >= 11 is 0. The van der Waals surface area contributed by atoms with Gasteiger partial charge in [0.2, 0.25) is 0 Å². The van der Waals surface area contributed by atoms with Crippen LogP contribution in [0, 0.1) is 0 Å². The molecule has 2 rings (SSSR count). The summed E-state index contributed by atoms with van der Waals surface area (Å²) in [6, 6.07) is 9.38. The molecule has 0 radical (unpaired) electrons. The van der Waals surface area contributed by atoms with Gasteiger partial charge in [-0.3, -0.25) is 4.79 Å². The number of carbonyl (C=O) groups excluding carboxylic acids is 1. The molecule has 0 spiro atoms. The topological polar surface area (TPSA) is 66.8 Å². The van der Waals surface area contributed by atoms with Gasteiger partial charge >= 0.3 is 0 Å². The van der Waals surface area contributed by atoms with E-state index in [1.807, 2.05) is 30.3 Å². The lowest BCUT2D eigenvalue weighted by atomic mass is 9.93. The number of rotatable bonds is 3. The molecule has 0 saturated carbocycles. The quantitative estimate of drug-likeness (QED) is 0.495. The van der Waals surface area contributed by atoms with Gasteiger partial charge in [0.05, 0.1) is 12.0 Å². The summed E-state index contributed by atoms with van der Waals surface area (Å²) in [5.41, 5.74) is 1.15. The van der Waals surface area contributed by atoms with Crippen molar-refractivity contribution in [2.24, 2.45) is 0 Å². The van der Waals surface area contributed by atoms with Gasteiger partial charge in [-0.25, -0.2) is 0 Å². The molecular formula is C15H16O4. The molecule has 0 saturated heterocycles. The van der Waals surface area contributed by atoms with Crippen molar-refractivity contribution >= 4 is 5.78 Å². The van der Waals surface area contributed by atoms with Crippen LogP contribution in [-0.2, 0) is 16.0 Å². The monoisotopic (exact) mass is 260 g/mol. The number of methoxy groups -OCH3 is 1. The van der Waals surface area contributed by atoms with Crippen LogP contribution < -0.4 is 0 Å². The molecule has 0 heterocycles. The Balaban J connectivity index is 2.23. The zero-order chi connectivity index (χ0) is 13.9. The second-order valence-corrected chi connectivity index (χ2v) is 4.50. The van der Waals surface area contributed by atoms with Gasteiger partial charge in [-0.1, -0.05) is 30.3 Å². The Labute approximate surface area is 111 Å². The summed E-state index contributed by atoms with van der Waals surface area (Å²) in [5, 5.41) is 19.8. The largest absolute Gasteiger partial charge is 0.511 e. The molecule has 1 unspecified atom stereocenters. The van der Waals surface area contributed by atoms with E-state index >= 15 is 0 Å². The molecule has 100 valence electrons. The maximum atomic E-state index is 11.9. The van der Waals surface area contributed by atoms with Crippen molar-refractivity contribution in [1.82, 2.24) is 0 Å². The van der Waals surface area contributed by atoms with E-state index in [2.05, 4.69) is 0 Å². The molecule has 1 atom stereocenters. The van der Waals surface area contributed by atoms with Crippen LogP contribution in [-0.4, -0.2) is 28.9 Å². The summed E-state index contributed by atoms with van der Waals surface area (Å²) in [5.74, 6) is -1.89. The Morgan fingerprint density at radius 3 is 2.63 bits per heavy atom. The average molecular weight is 260 g/mol. The molecule has 0 aromatic heterocycles. The highest BCUT2D eigenvalue weighted by molar-refractivity contribution is 6.00. The predicted molar refractivity (Wildman–Crippen MR) is 70.5 cm³/mol. The minimum Gasteiger partial charge on any atom is -0.511 e. The van der Waals surface area contributed by atoms with Gasteiger partial charge in [-0.15, -0.1) is 0 Å². The van der Waals surface area contributed by atoms with Crippen LogP contribution in [0.2, 0.25) is 0 Å². The Morgan fingerprint density at radius 1 is 1.37 bits per heavy atom. The van der Waals surface area contributed by atoms with Crippen LogP contribution in [0.1, 0.15) is 12.0 Å². The number of Topliss-reactive ketones (excluding diaryl/α,β-unsaturated/α-hetero) is 1. The third-order valence-corrected chi connectivity index (χ3v) is 3.10. The molecule has 1 aliphatic rings. The first kappa shape index (κ1) is 13.5. The van der Waals surface area contributed by atoms with E-state index < -0.39 is 5.79 Å². The molecule has 1 aromatic carbocycles. The molecule has 1 aliphatic carbocycles. The lowest BCUT2D eigenvalue weighted by molar-refractivity contribution is -0.160. The highest BCUT2D eigenvalue weighted by Crippen LogP contribution is 2.25. The van der Waals surface area contributed by atoms with E-state index in [9.17, 15) is 15.0 Å². The van der Waals surface area contributed by atoms with Crippen LogP contribution in [0.4, 0.5) is 0 Å². The summed E-state index contributed by atoms with van der Waals surface area (Å²) < 4.78 is 4.84. The number of benzene rings is 1. The fourth-order valence-corrected chi connectivity index (χ4v) is 1.97. The van der Waals surface area contributed by atoms with Crippen molar-refractivity contribution in [3.05, 3.63) is 59.4 Å². The SMILES string of the molecule is COC1(O)C=CC(=C(O)Cc2ccccc2)C(=O)C1. The van der Waals surface area contributed by atoms with E-state index in [-0.39, 0.29) is 30.0 Å². The molecule has 2 N–H and O–H groups in total. The molecule has 0 amide bonds. The fraction of sp³-hybridized carbons (Fsp3) is 0.267. The molecular weight excluding hydrogens is 244 g/mol. The Hall–Kier alpha value is -1.91. The first-order chi connectivity index (χ1) is 9.04. The molecule has 0 bridgehead atoms. The zero-order valence-corrected chi connectivity index (χ0v) is 10.7. The van der Waals surface area contributed by atoms with E-state index in [4.69, 9.17) is 4.74 Å². The van der Waals surface area contributed by atoms with Crippen molar-refractivity contribution in [2.45, 2.75) is 18.6 Å². The number of aliphatic hydroxyl groups excluding tert-OH is 1. The van der Waals surface area contributed by atoms with Gasteiger partial charge in [0.25, 0.3) is 0 Å². The zero-order valence-electron chi connectivity index (χ0n) is 10.7. The molecule has 4 nitrogen and oxygen atoms in total. The molecule has 4 heteroatoms. The van der Waals surface area contributed by atoms with Crippen molar-refractivity contribution in [2.75, 3.05) is 7.11 Å². The van der Waals surface area contributed by atoms with Crippen molar-refractivity contribution in [3.8, 4) is 0 Å². The summed E-state index contributed by atoms with van der Waals surface area (Å²) in [6.07, 6.45) is 2.89.